The molecule has 33 heavy (non-hydrogen) atoms. The number of aliphatic hydroxyl groups is 1. The molecular weight excluding hydrogens is 416 g/mol. The van der Waals surface area contributed by atoms with Gasteiger partial charge in [-0.15, -0.1) is 0 Å². The lowest BCUT2D eigenvalue weighted by Crippen LogP contribution is -2.53. The van der Waals surface area contributed by atoms with Crippen LogP contribution in [0.3, 0.4) is 0 Å². The molecule has 4 unspecified atom stereocenters. The Labute approximate surface area is 197 Å². The second-order valence-corrected chi connectivity index (χ2v) is 11.6. The number of hydrogen-bond acceptors (Lipinski definition) is 4. The van der Waals surface area contributed by atoms with E-state index < -0.39 is 5.60 Å². The Bertz CT molecular complexity index is 875. The fourth-order valence-corrected chi connectivity index (χ4v) is 6.45. The number of rotatable bonds is 8. The molecule has 0 radical (unpaired) electrons. The van der Waals surface area contributed by atoms with E-state index >= 15 is 0 Å². The molecule has 1 aromatic carbocycles. The standard InChI is InChI=1S/C27H40N2O4/c1-25(2)16-22(29-24(31)19-7-8-19)27(14-13-26(3,32)15-21(25)27)12-11-23(30)28-17-18-5-9-20(33-4)10-6-18/h5-6,9-10,19,21-22,32H,7-8,11-17H2,1-4H3,(H,28,30)(H,29,31). The zero-order valence-corrected chi connectivity index (χ0v) is 20.6. The Hall–Kier alpha value is -2.08. The molecule has 3 saturated carbocycles. The fourth-order valence-electron chi connectivity index (χ4n) is 6.45. The zero-order chi connectivity index (χ0) is 23.9. The summed E-state index contributed by atoms with van der Waals surface area (Å²) in [5.74, 6) is 1.45. The monoisotopic (exact) mass is 456 g/mol. The van der Waals surface area contributed by atoms with E-state index in [-0.39, 0.29) is 40.5 Å². The molecule has 3 N–H and O–H groups in total. The summed E-state index contributed by atoms with van der Waals surface area (Å²) in [6.07, 6.45) is 6.32. The van der Waals surface area contributed by atoms with Crippen molar-refractivity contribution in [2.75, 3.05) is 7.11 Å². The van der Waals surface area contributed by atoms with E-state index in [1.807, 2.05) is 31.2 Å². The van der Waals surface area contributed by atoms with Crippen LogP contribution in [0.15, 0.2) is 24.3 Å². The SMILES string of the molecule is COc1ccc(CNC(=O)CCC23CCC(C)(O)CC2C(C)(C)CC3NC(=O)C2CC2)cc1. The summed E-state index contributed by atoms with van der Waals surface area (Å²) in [5.41, 5.74) is 0.210. The number of methoxy groups -OCH3 is 1. The first-order valence-corrected chi connectivity index (χ1v) is 12.5. The topological polar surface area (TPSA) is 87.7 Å². The van der Waals surface area contributed by atoms with Crippen LogP contribution < -0.4 is 15.4 Å². The summed E-state index contributed by atoms with van der Waals surface area (Å²) in [5, 5.41) is 17.3. The molecule has 3 fully saturated rings. The summed E-state index contributed by atoms with van der Waals surface area (Å²) >= 11 is 0. The molecule has 2 amide bonds. The van der Waals surface area contributed by atoms with Crippen molar-refractivity contribution in [2.24, 2.45) is 22.7 Å². The second-order valence-electron chi connectivity index (χ2n) is 11.6. The van der Waals surface area contributed by atoms with E-state index in [1.54, 1.807) is 7.11 Å². The van der Waals surface area contributed by atoms with Crippen molar-refractivity contribution in [3.63, 3.8) is 0 Å². The van der Waals surface area contributed by atoms with Crippen molar-refractivity contribution in [1.82, 2.24) is 10.6 Å². The van der Waals surface area contributed by atoms with Crippen molar-refractivity contribution in [3.05, 3.63) is 29.8 Å². The second kappa shape index (κ2) is 8.94. The molecule has 4 rings (SSSR count). The quantitative estimate of drug-likeness (QED) is 0.553. The van der Waals surface area contributed by atoms with Crippen LogP contribution in [0.1, 0.15) is 77.7 Å². The Kier molecular flexibility index (Phi) is 6.51. The lowest BCUT2D eigenvalue weighted by molar-refractivity contribution is -0.126. The molecule has 0 spiro atoms. The van der Waals surface area contributed by atoms with Gasteiger partial charge in [0.1, 0.15) is 5.75 Å². The van der Waals surface area contributed by atoms with E-state index in [1.165, 1.54) is 0 Å². The minimum atomic E-state index is -0.683. The maximum Gasteiger partial charge on any atom is 0.223 e. The van der Waals surface area contributed by atoms with E-state index in [0.717, 1.165) is 49.8 Å². The Morgan fingerprint density at radius 3 is 2.42 bits per heavy atom. The van der Waals surface area contributed by atoms with Gasteiger partial charge in [0.15, 0.2) is 0 Å². The van der Waals surface area contributed by atoms with Crippen LogP contribution >= 0.6 is 0 Å². The maximum atomic E-state index is 12.8. The van der Waals surface area contributed by atoms with Crippen molar-refractivity contribution in [2.45, 2.75) is 90.3 Å². The lowest BCUT2D eigenvalue weighted by atomic mass is 9.57. The molecule has 182 valence electrons. The average Bonchev–Trinajstić information content (AvgIpc) is 3.59. The van der Waals surface area contributed by atoms with Gasteiger partial charge in [-0.25, -0.2) is 0 Å². The number of ether oxygens (including phenoxy) is 1. The van der Waals surface area contributed by atoms with Gasteiger partial charge >= 0.3 is 0 Å². The summed E-state index contributed by atoms with van der Waals surface area (Å²) in [7, 11) is 1.64. The molecule has 4 atom stereocenters. The molecule has 3 aliphatic rings. The number of carbonyl (C=O) groups is 2. The van der Waals surface area contributed by atoms with Gasteiger partial charge in [-0.1, -0.05) is 26.0 Å². The Morgan fingerprint density at radius 2 is 1.79 bits per heavy atom. The van der Waals surface area contributed by atoms with E-state index in [0.29, 0.717) is 19.4 Å². The van der Waals surface area contributed by atoms with Gasteiger partial charge in [-0.05, 0) is 86.3 Å². The largest absolute Gasteiger partial charge is 0.497 e. The van der Waals surface area contributed by atoms with Crippen LogP contribution in [0, 0.1) is 22.7 Å². The molecule has 1 aromatic rings. The first kappa shape index (κ1) is 24.1. The number of carbonyl (C=O) groups excluding carboxylic acids is 2. The van der Waals surface area contributed by atoms with Gasteiger partial charge in [-0.2, -0.15) is 0 Å². The number of fused-ring (bicyclic) bond motifs is 1. The molecule has 0 aliphatic heterocycles. The molecule has 3 aliphatic carbocycles. The smallest absolute Gasteiger partial charge is 0.223 e. The zero-order valence-electron chi connectivity index (χ0n) is 20.6. The first-order chi connectivity index (χ1) is 15.5. The molecule has 0 saturated heterocycles. The normalized spacial score (nSPS) is 32.6. The third-order valence-electron chi connectivity index (χ3n) is 8.57. The highest BCUT2D eigenvalue weighted by atomic mass is 16.5. The van der Waals surface area contributed by atoms with Crippen LogP contribution in [-0.4, -0.2) is 35.7 Å². The molecule has 6 heteroatoms. The fraction of sp³-hybridized carbons (Fsp3) is 0.704. The number of nitrogens with one attached hydrogen (secondary N) is 2. The number of hydrogen-bond donors (Lipinski definition) is 3. The van der Waals surface area contributed by atoms with Crippen molar-refractivity contribution in [1.29, 1.82) is 0 Å². The molecular formula is C27H40N2O4. The van der Waals surface area contributed by atoms with Gasteiger partial charge in [0, 0.05) is 24.9 Å². The van der Waals surface area contributed by atoms with E-state index in [4.69, 9.17) is 4.74 Å². The highest BCUT2D eigenvalue weighted by molar-refractivity contribution is 5.81. The van der Waals surface area contributed by atoms with Crippen molar-refractivity contribution >= 4 is 11.8 Å². The van der Waals surface area contributed by atoms with Crippen LogP contribution in [-0.2, 0) is 16.1 Å². The highest BCUT2D eigenvalue weighted by Crippen LogP contribution is 2.64. The van der Waals surface area contributed by atoms with Crippen LogP contribution in [0.5, 0.6) is 5.75 Å². The third-order valence-corrected chi connectivity index (χ3v) is 8.57. The average molecular weight is 457 g/mol. The van der Waals surface area contributed by atoms with Gasteiger partial charge < -0.3 is 20.5 Å². The van der Waals surface area contributed by atoms with Crippen LogP contribution in [0.4, 0.5) is 0 Å². The predicted molar refractivity (Wildman–Crippen MR) is 128 cm³/mol. The van der Waals surface area contributed by atoms with Gasteiger partial charge in [0.2, 0.25) is 11.8 Å². The van der Waals surface area contributed by atoms with Crippen molar-refractivity contribution < 1.29 is 19.4 Å². The first-order valence-electron chi connectivity index (χ1n) is 12.5. The number of amides is 2. The van der Waals surface area contributed by atoms with E-state index in [2.05, 4.69) is 24.5 Å². The molecule has 0 heterocycles. The summed E-state index contributed by atoms with van der Waals surface area (Å²) < 4.78 is 5.19. The number of benzene rings is 1. The molecule has 0 bridgehead atoms. The van der Waals surface area contributed by atoms with Gasteiger partial charge in [0.25, 0.3) is 0 Å². The summed E-state index contributed by atoms with van der Waals surface area (Å²) in [4.78, 5) is 25.5. The van der Waals surface area contributed by atoms with E-state index in [9.17, 15) is 14.7 Å². The minimum Gasteiger partial charge on any atom is -0.497 e. The Balaban J connectivity index is 1.44. The van der Waals surface area contributed by atoms with Crippen LogP contribution in [0.2, 0.25) is 0 Å². The Morgan fingerprint density at radius 1 is 1.09 bits per heavy atom. The molecule has 6 nitrogen and oxygen atoms in total. The van der Waals surface area contributed by atoms with Crippen molar-refractivity contribution in [3.8, 4) is 5.75 Å². The summed E-state index contributed by atoms with van der Waals surface area (Å²) in [6.45, 7) is 6.95. The van der Waals surface area contributed by atoms with Gasteiger partial charge in [-0.3, -0.25) is 9.59 Å². The molecule has 0 aromatic heterocycles. The highest BCUT2D eigenvalue weighted by Gasteiger charge is 2.61. The maximum absolute atomic E-state index is 12.8. The van der Waals surface area contributed by atoms with Crippen LogP contribution in [0.25, 0.3) is 0 Å². The minimum absolute atomic E-state index is 0.00543. The third kappa shape index (κ3) is 5.21. The summed E-state index contributed by atoms with van der Waals surface area (Å²) in [6, 6.07) is 7.77. The predicted octanol–water partition coefficient (Wildman–Crippen LogP) is 3.95. The lowest BCUT2D eigenvalue weighted by Gasteiger charge is -2.50. The van der Waals surface area contributed by atoms with Gasteiger partial charge in [0.05, 0.1) is 12.7 Å².